The first-order valence-electron chi connectivity index (χ1n) is 5.25. The molecule has 0 aliphatic rings. The molecule has 1 rings (SSSR count). The van der Waals surface area contributed by atoms with Gasteiger partial charge in [-0.1, -0.05) is 13.3 Å². The van der Waals surface area contributed by atoms with Crippen LogP contribution in [0.4, 0.5) is 0 Å². The van der Waals surface area contributed by atoms with Gasteiger partial charge in [0.2, 0.25) is 0 Å². The van der Waals surface area contributed by atoms with E-state index in [9.17, 15) is 9.59 Å². The number of aliphatic carboxylic acids is 1. The van der Waals surface area contributed by atoms with Gasteiger partial charge in [0.15, 0.2) is 0 Å². The van der Waals surface area contributed by atoms with Gasteiger partial charge in [-0.15, -0.1) is 11.3 Å². The van der Waals surface area contributed by atoms with Gasteiger partial charge in [0, 0.05) is 0 Å². The highest BCUT2D eigenvalue weighted by Crippen LogP contribution is 2.27. The van der Waals surface area contributed by atoms with Gasteiger partial charge in [0.25, 0.3) is 5.91 Å². The number of carbonyl (C=O) groups is 2. The van der Waals surface area contributed by atoms with Crippen LogP contribution >= 0.6 is 27.3 Å². The van der Waals surface area contributed by atoms with Crippen LogP contribution in [0.3, 0.4) is 0 Å². The number of rotatable bonds is 5. The first kappa shape index (κ1) is 14.2. The summed E-state index contributed by atoms with van der Waals surface area (Å²) >= 11 is 4.64. The zero-order chi connectivity index (χ0) is 13.0. The van der Waals surface area contributed by atoms with Crippen molar-refractivity contribution in [3.63, 3.8) is 0 Å². The molecule has 1 atom stereocenters. The maximum Gasteiger partial charge on any atom is 0.326 e. The molecule has 1 amide bonds. The second kappa shape index (κ2) is 6.16. The number of carboxylic acids is 1. The number of hydrogen-bond donors (Lipinski definition) is 2. The molecule has 17 heavy (non-hydrogen) atoms. The van der Waals surface area contributed by atoms with E-state index in [1.165, 1.54) is 11.3 Å². The van der Waals surface area contributed by atoms with Crippen molar-refractivity contribution in [1.82, 2.24) is 5.32 Å². The molecular formula is C11H14BrNO3S. The molecule has 1 aromatic heterocycles. The number of amides is 1. The van der Waals surface area contributed by atoms with E-state index in [-0.39, 0.29) is 5.91 Å². The largest absolute Gasteiger partial charge is 0.480 e. The minimum atomic E-state index is -0.993. The van der Waals surface area contributed by atoms with Crippen molar-refractivity contribution < 1.29 is 14.7 Å². The Balaban J connectivity index is 2.73. The lowest BCUT2D eigenvalue weighted by Gasteiger charge is -2.12. The van der Waals surface area contributed by atoms with Gasteiger partial charge in [0.1, 0.15) is 6.04 Å². The Kier molecular flexibility index (Phi) is 5.14. The van der Waals surface area contributed by atoms with Crippen LogP contribution in [0.2, 0.25) is 0 Å². The Morgan fingerprint density at radius 2 is 2.24 bits per heavy atom. The number of thiophene rings is 1. The molecule has 0 saturated heterocycles. The van der Waals surface area contributed by atoms with Gasteiger partial charge in [-0.25, -0.2) is 4.79 Å². The van der Waals surface area contributed by atoms with Crippen LogP contribution in [0, 0.1) is 6.92 Å². The number of hydrogen-bond acceptors (Lipinski definition) is 3. The highest BCUT2D eigenvalue weighted by molar-refractivity contribution is 9.11. The molecule has 0 bridgehead atoms. The van der Waals surface area contributed by atoms with Gasteiger partial charge < -0.3 is 10.4 Å². The number of carboxylic acid groups (broad SMARTS) is 1. The standard InChI is InChI=1S/C11H14BrNO3S/c1-3-4-7(11(15)16)13-10(14)8-5-6(2)9(12)17-8/h5,7H,3-4H2,1-2H3,(H,13,14)(H,15,16). The number of nitrogens with one attached hydrogen (secondary N) is 1. The maximum atomic E-state index is 11.8. The molecule has 0 radical (unpaired) electrons. The van der Waals surface area contributed by atoms with Crippen LogP contribution < -0.4 is 5.32 Å². The summed E-state index contributed by atoms with van der Waals surface area (Å²) in [6.07, 6.45) is 1.15. The highest BCUT2D eigenvalue weighted by atomic mass is 79.9. The zero-order valence-electron chi connectivity index (χ0n) is 9.62. The lowest BCUT2D eigenvalue weighted by Crippen LogP contribution is -2.40. The first-order chi connectivity index (χ1) is 7.95. The van der Waals surface area contributed by atoms with Crippen molar-refractivity contribution in [2.75, 3.05) is 0 Å². The molecule has 1 heterocycles. The third-order valence-corrected chi connectivity index (χ3v) is 4.40. The summed E-state index contributed by atoms with van der Waals surface area (Å²) in [5.74, 6) is -1.32. The van der Waals surface area contributed by atoms with E-state index in [2.05, 4.69) is 21.2 Å². The van der Waals surface area contributed by atoms with Crippen molar-refractivity contribution in [3.05, 3.63) is 20.3 Å². The average Bonchev–Trinajstić information content (AvgIpc) is 2.58. The molecule has 0 fully saturated rings. The Bertz CT molecular complexity index is 411. The molecule has 1 unspecified atom stereocenters. The SMILES string of the molecule is CCCC(NC(=O)c1cc(C)c(Br)s1)C(=O)O. The summed E-state index contributed by atoms with van der Waals surface area (Å²) in [7, 11) is 0. The second-order valence-electron chi connectivity index (χ2n) is 3.72. The van der Waals surface area contributed by atoms with Crippen LogP contribution in [0.5, 0.6) is 0 Å². The Morgan fingerprint density at radius 3 is 2.65 bits per heavy atom. The molecule has 2 N–H and O–H groups in total. The van der Waals surface area contributed by atoms with Gasteiger partial charge in [-0.3, -0.25) is 4.79 Å². The molecule has 0 aliphatic carbocycles. The predicted octanol–water partition coefficient (Wildman–Crippen LogP) is 2.80. The van der Waals surface area contributed by atoms with Crippen molar-refractivity contribution in [2.45, 2.75) is 32.7 Å². The Morgan fingerprint density at radius 1 is 1.59 bits per heavy atom. The topological polar surface area (TPSA) is 66.4 Å². The zero-order valence-corrected chi connectivity index (χ0v) is 12.0. The van der Waals surface area contributed by atoms with Crippen molar-refractivity contribution in [3.8, 4) is 0 Å². The molecule has 94 valence electrons. The monoisotopic (exact) mass is 319 g/mol. The third-order valence-electron chi connectivity index (χ3n) is 2.26. The quantitative estimate of drug-likeness (QED) is 0.877. The summed E-state index contributed by atoms with van der Waals surface area (Å²) in [5, 5.41) is 11.5. The van der Waals surface area contributed by atoms with E-state index in [0.29, 0.717) is 17.7 Å². The fourth-order valence-electron chi connectivity index (χ4n) is 1.35. The Hall–Kier alpha value is -0.880. The number of halogens is 1. The normalized spacial score (nSPS) is 12.2. The smallest absolute Gasteiger partial charge is 0.326 e. The van der Waals surface area contributed by atoms with Crippen LogP contribution in [0.15, 0.2) is 9.85 Å². The Labute approximate surface area is 112 Å². The van der Waals surface area contributed by atoms with Crippen molar-refractivity contribution in [2.24, 2.45) is 0 Å². The van der Waals surface area contributed by atoms with E-state index in [1.807, 2.05) is 13.8 Å². The highest BCUT2D eigenvalue weighted by Gasteiger charge is 2.20. The van der Waals surface area contributed by atoms with E-state index in [1.54, 1.807) is 6.07 Å². The second-order valence-corrected chi connectivity index (χ2v) is 6.09. The fraction of sp³-hybridized carbons (Fsp3) is 0.455. The van der Waals surface area contributed by atoms with Gasteiger partial charge in [0.05, 0.1) is 8.66 Å². The molecule has 4 nitrogen and oxygen atoms in total. The van der Waals surface area contributed by atoms with Crippen LogP contribution in [0.1, 0.15) is 35.0 Å². The lowest BCUT2D eigenvalue weighted by molar-refractivity contribution is -0.139. The maximum absolute atomic E-state index is 11.8. The van der Waals surface area contributed by atoms with Crippen LogP contribution in [0.25, 0.3) is 0 Å². The summed E-state index contributed by atoms with van der Waals surface area (Å²) in [4.78, 5) is 23.2. The van der Waals surface area contributed by atoms with Crippen LogP contribution in [-0.2, 0) is 4.79 Å². The van der Waals surface area contributed by atoms with Gasteiger partial charge in [-0.2, -0.15) is 0 Å². The number of carbonyl (C=O) groups excluding carboxylic acids is 1. The third kappa shape index (κ3) is 3.81. The van der Waals surface area contributed by atoms with E-state index >= 15 is 0 Å². The average molecular weight is 320 g/mol. The summed E-state index contributed by atoms with van der Waals surface area (Å²) < 4.78 is 0.894. The molecule has 0 saturated carbocycles. The summed E-state index contributed by atoms with van der Waals surface area (Å²) in [6.45, 7) is 3.77. The van der Waals surface area contributed by atoms with E-state index in [0.717, 1.165) is 9.35 Å². The molecule has 0 aliphatic heterocycles. The fourth-order valence-corrected chi connectivity index (χ4v) is 2.79. The summed E-state index contributed by atoms with van der Waals surface area (Å²) in [5.41, 5.74) is 0.975. The predicted molar refractivity (Wildman–Crippen MR) is 70.6 cm³/mol. The molecule has 0 aromatic carbocycles. The van der Waals surface area contributed by atoms with Crippen molar-refractivity contribution >= 4 is 39.1 Å². The van der Waals surface area contributed by atoms with Crippen molar-refractivity contribution in [1.29, 1.82) is 0 Å². The first-order valence-corrected chi connectivity index (χ1v) is 6.86. The van der Waals surface area contributed by atoms with E-state index < -0.39 is 12.0 Å². The molecule has 0 spiro atoms. The van der Waals surface area contributed by atoms with Gasteiger partial charge in [-0.05, 0) is 40.9 Å². The summed E-state index contributed by atoms with van der Waals surface area (Å²) in [6, 6.07) is 0.934. The molecule has 6 heteroatoms. The molecular weight excluding hydrogens is 306 g/mol. The lowest BCUT2D eigenvalue weighted by atomic mass is 10.1. The van der Waals surface area contributed by atoms with E-state index in [4.69, 9.17) is 5.11 Å². The number of aryl methyl sites for hydroxylation is 1. The van der Waals surface area contributed by atoms with Crippen LogP contribution in [-0.4, -0.2) is 23.0 Å². The minimum Gasteiger partial charge on any atom is -0.480 e. The minimum absolute atomic E-state index is 0.329. The van der Waals surface area contributed by atoms with Gasteiger partial charge >= 0.3 is 5.97 Å². The molecule has 1 aromatic rings.